The number of anilines is 1. The van der Waals surface area contributed by atoms with Crippen LogP contribution in [0.1, 0.15) is 11.1 Å². The third-order valence-corrected chi connectivity index (χ3v) is 3.83. The maximum atomic E-state index is 5.47. The number of ether oxygens (including phenoxy) is 2. The number of allylic oxidation sites excluding steroid dienone is 1. The molecule has 1 heterocycles. The smallest absolute Gasteiger partial charge is 0.201 e. The molecule has 2 N–H and O–H groups in total. The Labute approximate surface area is 141 Å². The molecule has 0 spiro atoms. The van der Waals surface area contributed by atoms with Crippen LogP contribution in [-0.2, 0) is 13.0 Å². The van der Waals surface area contributed by atoms with E-state index in [4.69, 9.17) is 9.47 Å². The van der Waals surface area contributed by atoms with Crippen molar-refractivity contribution in [2.45, 2.75) is 13.0 Å². The zero-order chi connectivity index (χ0) is 16.9. The number of nitrogens with zero attached hydrogens (tertiary/aromatic N) is 1. The van der Waals surface area contributed by atoms with Gasteiger partial charge in [-0.25, -0.2) is 4.98 Å². The van der Waals surface area contributed by atoms with Gasteiger partial charge in [-0.2, -0.15) is 0 Å². The fourth-order valence-electron chi connectivity index (χ4n) is 2.74. The minimum Gasteiger partial charge on any atom is -0.493 e. The Hall–Kier alpha value is -2.95. The maximum Gasteiger partial charge on any atom is 0.201 e. The number of fused-ring (bicyclic) bond motifs is 1. The van der Waals surface area contributed by atoms with Crippen molar-refractivity contribution >= 4 is 17.0 Å². The molecule has 0 radical (unpaired) electrons. The molecular formula is C19H21N3O2. The number of imidazole rings is 1. The molecule has 0 fully saturated rings. The van der Waals surface area contributed by atoms with Gasteiger partial charge in [0.15, 0.2) is 11.5 Å². The third kappa shape index (κ3) is 3.20. The molecule has 3 aromatic rings. The zero-order valence-corrected chi connectivity index (χ0v) is 13.9. The van der Waals surface area contributed by atoms with Gasteiger partial charge < -0.3 is 19.8 Å². The van der Waals surface area contributed by atoms with Gasteiger partial charge in [0, 0.05) is 12.1 Å². The van der Waals surface area contributed by atoms with E-state index in [1.165, 1.54) is 0 Å². The van der Waals surface area contributed by atoms with E-state index in [1.807, 2.05) is 36.4 Å². The third-order valence-electron chi connectivity index (χ3n) is 3.83. The second kappa shape index (κ2) is 7.08. The summed E-state index contributed by atoms with van der Waals surface area (Å²) in [5.74, 6) is 2.22. The summed E-state index contributed by atoms with van der Waals surface area (Å²) in [7, 11) is 3.29. The fourth-order valence-corrected chi connectivity index (χ4v) is 2.74. The quantitative estimate of drug-likeness (QED) is 0.647. The summed E-state index contributed by atoms with van der Waals surface area (Å²) in [6, 6.07) is 12.0. The van der Waals surface area contributed by atoms with Crippen LogP contribution >= 0.6 is 0 Å². The van der Waals surface area contributed by atoms with Gasteiger partial charge in [-0.15, -0.1) is 6.58 Å². The van der Waals surface area contributed by atoms with Crippen LogP contribution in [0.5, 0.6) is 11.5 Å². The van der Waals surface area contributed by atoms with Crippen molar-refractivity contribution in [1.29, 1.82) is 0 Å². The Balaban J connectivity index is 1.83. The van der Waals surface area contributed by atoms with Crippen LogP contribution < -0.4 is 14.8 Å². The number of aromatic amines is 1. The lowest BCUT2D eigenvalue weighted by Gasteiger charge is -2.14. The largest absolute Gasteiger partial charge is 0.493 e. The van der Waals surface area contributed by atoms with Crippen LogP contribution in [0.3, 0.4) is 0 Å². The van der Waals surface area contributed by atoms with Crippen LogP contribution in [0, 0.1) is 0 Å². The minimum absolute atomic E-state index is 0.629. The van der Waals surface area contributed by atoms with Gasteiger partial charge in [-0.05, 0) is 36.2 Å². The first-order valence-corrected chi connectivity index (χ1v) is 7.78. The maximum absolute atomic E-state index is 5.47. The van der Waals surface area contributed by atoms with E-state index in [0.29, 0.717) is 6.54 Å². The normalized spacial score (nSPS) is 10.6. The van der Waals surface area contributed by atoms with Crippen LogP contribution in [0.15, 0.2) is 49.1 Å². The number of hydrogen-bond donors (Lipinski definition) is 2. The lowest BCUT2D eigenvalue weighted by molar-refractivity contribution is 0.352. The van der Waals surface area contributed by atoms with Crippen molar-refractivity contribution in [2.75, 3.05) is 19.5 Å². The molecule has 2 aromatic carbocycles. The van der Waals surface area contributed by atoms with Crippen LogP contribution in [-0.4, -0.2) is 24.2 Å². The highest BCUT2D eigenvalue weighted by molar-refractivity contribution is 5.77. The summed E-state index contributed by atoms with van der Waals surface area (Å²) in [6.07, 6.45) is 2.58. The molecule has 0 amide bonds. The van der Waals surface area contributed by atoms with Gasteiger partial charge in [-0.3, -0.25) is 0 Å². The molecule has 0 aliphatic rings. The van der Waals surface area contributed by atoms with Gasteiger partial charge in [-0.1, -0.05) is 18.2 Å². The second-order valence-electron chi connectivity index (χ2n) is 5.44. The standard InChI is InChI=1S/C19H21N3O2/c1-4-7-14-10-13(11-17(23-2)18(14)24-3)12-20-19-21-15-8-5-6-9-16(15)22-19/h4-6,8-11H,1,7,12H2,2-3H3,(H2,20,21,22). The highest BCUT2D eigenvalue weighted by Crippen LogP contribution is 2.33. The predicted molar refractivity (Wildman–Crippen MR) is 96.9 cm³/mol. The molecule has 5 heteroatoms. The van der Waals surface area contributed by atoms with Crippen LogP contribution in [0.2, 0.25) is 0 Å². The van der Waals surface area contributed by atoms with Crippen molar-refractivity contribution in [3.05, 3.63) is 60.2 Å². The monoisotopic (exact) mass is 323 g/mol. The molecule has 5 nitrogen and oxygen atoms in total. The van der Waals surface area contributed by atoms with Crippen molar-refractivity contribution in [2.24, 2.45) is 0 Å². The molecule has 0 aliphatic heterocycles. The molecule has 0 saturated carbocycles. The van der Waals surface area contributed by atoms with E-state index >= 15 is 0 Å². The van der Waals surface area contributed by atoms with Crippen molar-refractivity contribution < 1.29 is 9.47 Å². The number of aromatic nitrogens is 2. The van der Waals surface area contributed by atoms with E-state index in [0.717, 1.165) is 46.0 Å². The molecule has 0 saturated heterocycles. The van der Waals surface area contributed by atoms with Gasteiger partial charge >= 0.3 is 0 Å². The Bertz CT molecular complexity index is 822. The van der Waals surface area contributed by atoms with Gasteiger partial charge in [0.05, 0.1) is 25.3 Å². The van der Waals surface area contributed by atoms with Crippen molar-refractivity contribution in [3.8, 4) is 11.5 Å². The second-order valence-corrected chi connectivity index (χ2v) is 5.44. The average Bonchev–Trinajstić information content (AvgIpc) is 3.02. The number of para-hydroxylation sites is 2. The first-order valence-electron chi connectivity index (χ1n) is 7.78. The predicted octanol–water partition coefficient (Wildman–Crippen LogP) is 3.92. The Kier molecular flexibility index (Phi) is 4.70. The summed E-state index contributed by atoms with van der Waals surface area (Å²) >= 11 is 0. The SMILES string of the molecule is C=CCc1cc(CNc2nc3ccccc3[nH]2)cc(OC)c1OC. The van der Waals surface area contributed by atoms with Gasteiger partial charge in [0.25, 0.3) is 0 Å². The Morgan fingerprint density at radius 2 is 2.04 bits per heavy atom. The summed E-state index contributed by atoms with van der Waals surface area (Å²) < 4.78 is 10.9. The highest BCUT2D eigenvalue weighted by atomic mass is 16.5. The van der Waals surface area contributed by atoms with Crippen molar-refractivity contribution in [1.82, 2.24) is 9.97 Å². The number of methoxy groups -OCH3 is 2. The molecule has 0 aliphatic carbocycles. The molecule has 0 bridgehead atoms. The summed E-state index contributed by atoms with van der Waals surface area (Å²) in [5.41, 5.74) is 4.09. The summed E-state index contributed by atoms with van der Waals surface area (Å²) in [4.78, 5) is 7.79. The van der Waals surface area contributed by atoms with Crippen molar-refractivity contribution in [3.63, 3.8) is 0 Å². The minimum atomic E-state index is 0.629. The van der Waals surface area contributed by atoms with Gasteiger partial charge in [0.1, 0.15) is 0 Å². The molecular weight excluding hydrogens is 302 g/mol. The average molecular weight is 323 g/mol. The van der Waals surface area contributed by atoms with Crippen LogP contribution in [0.25, 0.3) is 11.0 Å². The topological polar surface area (TPSA) is 59.2 Å². The molecule has 3 rings (SSSR count). The highest BCUT2D eigenvalue weighted by Gasteiger charge is 2.12. The first-order chi connectivity index (χ1) is 11.7. The zero-order valence-electron chi connectivity index (χ0n) is 13.9. The van der Waals surface area contributed by atoms with E-state index in [-0.39, 0.29) is 0 Å². The first kappa shape index (κ1) is 15.9. The molecule has 24 heavy (non-hydrogen) atoms. The number of H-pyrrole nitrogens is 1. The molecule has 0 atom stereocenters. The Morgan fingerprint density at radius 3 is 2.75 bits per heavy atom. The molecule has 0 unspecified atom stereocenters. The number of benzene rings is 2. The van der Waals surface area contributed by atoms with E-state index in [2.05, 4.69) is 27.9 Å². The molecule has 124 valence electrons. The van der Waals surface area contributed by atoms with E-state index in [9.17, 15) is 0 Å². The molecule has 1 aromatic heterocycles. The lowest BCUT2D eigenvalue weighted by Crippen LogP contribution is -2.04. The van der Waals surface area contributed by atoms with E-state index in [1.54, 1.807) is 14.2 Å². The number of rotatable bonds is 7. The summed E-state index contributed by atoms with van der Waals surface area (Å²) in [6.45, 7) is 4.44. The van der Waals surface area contributed by atoms with Gasteiger partial charge in [0.2, 0.25) is 5.95 Å². The Morgan fingerprint density at radius 1 is 1.21 bits per heavy atom. The number of nitrogens with one attached hydrogen (secondary N) is 2. The lowest BCUT2D eigenvalue weighted by atomic mass is 10.1. The van der Waals surface area contributed by atoms with Crippen LogP contribution in [0.4, 0.5) is 5.95 Å². The number of hydrogen-bond acceptors (Lipinski definition) is 4. The summed E-state index contributed by atoms with van der Waals surface area (Å²) in [5, 5.41) is 3.32. The fraction of sp³-hybridized carbons (Fsp3) is 0.211. The van der Waals surface area contributed by atoms with E-state index < -0.39 is 0 Å².